The zero-order valence-corrected chi connectivity index (χ0v) is 14.5. The Kier molecular flexibility index (Phi) is 5.24. The summed E-state index contributed by atoms with van der Waals surface area (Å²) in [5.74, 6) is 0. The highest BCUT2D eigenvalue weighted by atomic mass is 16.3. The number of carbonyl (C=O) groups excluding carboxylic acids is 1. The lowest BCUT2D eigenvalue weighted by Gasteiger charge is -2.36. The number of nitrogens with zero attached hydrogens (tertiary/aromatic N) is 1. The molecule has 1 fully saturated rings. The summed E-state index contributed by atoms with van der Waals surface area (Å²) in [4.78, 5) is 14.1. The van der Waals surface area contributed by atoms with Crippen LogP contribution in [0, 0.1) is 0 Å². The maximum atomic E-state index is 11.9. The fourth-order valence-corrected chi connectivity index (χ4v) is 2.93. The molecule has 2 aromatic carbocycles. The molecule has 0 unspecified atom stereocenters. The van der Waals surface area contributed by atoms with E-state index in [0.717, 1.165) is 37.2 Å². The Morgan fingerprint density at radius 1 is 1.12 bits per heavy atom. The van der Waals surface area contributed by atoms with Crippen molar-refractivity contribution in [3.63, 3.8) is 0 Å². The van der Waals surface area contributed by atoms with E-state index in [9.17, 15) is 9.90 Å². The number of carbonyl (C=O) groups is 1. The van der Waals surface area contributed by atoms with Crippen LogP contribution in [0.2, 0.25) is 0 Å². The van der Waals surface area contributed by atoms with Crippen LogP contribution in [0.1, 0.15) is 24.8 Å². The molecule has 5 heteroatoms. The van der Waals surface area contributed by atoms with Crippen LogP contribution >= 0.6 is 0 Å². The number of urea groups is 1. The molecule has 25 heavy (non-hydrogen) atoms. The first kappa shape index (κ1) is 17.3. The molecule has 132 valence electrons. The van der Waals surface area contributed by atoms with Crippen LogP contribution in [0.5, 0.6) is 0 Å². The summed E-state index contributed by atoms with van der Waals surface area (Å²) < 4.78 is 0. The van der Waals surface area contributed by atoms with Gasteiger partial charge in [0, 0.05) is 31.5 Å². The van der Waals surface area contributed by atoms with Crippen molar-refractivity contribution in [2.24, 2.45) is 0 Å². The van der Waals surface area contributed by atoms with Crippen molar-refractivity contribution < 1.29 is 9.90 Å². The van der Waals surface area contributed by atoms with E-state index in [0.29, 0.717) is 6.54 Å². The lowest BCUT2D eigenvalue weighted by atomic mass is 9.80. The lowest BCUT2D eigenvalue weighted by molar-refractivity contribution is -0.0287. The van der Waals surface area contributed by atoms with Crippen LogP contribution in [0.25, 0.3) is 0 Å². The van der Waals surface area contributed by atoms with Crippen molar-refractivity contribution in [3.8, 4) is 0 Å². The van der Waals surface area contributed by atoms with Crippen molar-refractivity contribution >= 4 is 17.4 Å². The number of benzene rings is 2. The Labute approximate surface area is 148 Å². The van der Waals surface area contributed by atoms with Crippen LogP contribution in [0.3, 0.4) is 0 Å². The van der Waals surface area contributed by atoms with Gasteiger partial charge in [-0.1, -0.05) is 30.3 Å². The molecule has 5 nitrogen and oxygen atoms in total. The van der Waals surface area contributed by atoms with E-state index in [1.54, 1.807) is 0 Å². The predicted molar refractivity (Wildman–Crippen MR) is 101 cm³/mol. The van der Waals surface area contributed by atoms with Crippen molar-refractivity contribution in [3.05, 3.63) is 60.2 Å². The average molecular weight is 339 g/mol. The summed E-state index contributed by atoms with van der Waals surface area (Å²) in [6.45, 7) is 1.13. The van der Waals surface area contributed by atoms with E-state index in [2.05, 4.69) is 27.7 Å². The van der Waals surface area contributed by atoms with Crippen LogP contribution in [0.4, 0.5) is 16.2 Å². The van der Waals surface area contributed by atoms with Gasteiger partial charge in [0.15, 0.2) is 0 Å². The minimum absolute atomic E-state index is 0.286. The Hall–Kier alpha value is -2.53. The van der Waals surface area contributed by atoms with E-state index in [1.807, 2.05) is 49.5 Å². The van der Waals surface area contributed by atoms with Gasteiger partial charge in [0.25, 0.3) is 0 Å². The van der Waals surface area contributed by atoms with Crippen molar-refractivity contribution in [1.29, 1.82) is 0 Å². The van der Waals surface area contributed by atoms with Gasteiger partial charge in [-0.2, -0.15) is 0 Å². The van der Waals surface area contributed by atoms with Gasteiger partial charge in [-0.15, -0.1) is 0 Å². The molecule has 0 spiro atoms. The molecule has 2 aromatic rings. The maximum absolute atomic E-state index is 11.9. The quantitative estimate of drug-likeness (QED) is 0.756. The molecule has 0 atom stereocenters. The van der Waals surface area contributed by atoms with Crippen molar-refractivity contribution in [2.75, 3.05) is 23.8 Å². The third kappa shape index (κ3) is 4.73. The Bertz CT molecular complexity index is 697. The molecule has 0 heterocycles. The molecule has 0 saturated heterocycles. The van der Waals surface area contributed by atoms with Gasteiger partial charge < -0.3 is 20.6 Å². The first-order valence-corrected chi connectivity index (χ1v) is 8.66. The number of hydrogen-bond donors (Lipinski definition) is 3. The van der Waals surface area contributed by atoms with E-state index in [1.165, 1.54) is 5.56 Å². The largest absolute Gasteiger partial charge is 0.388 e. The average Bonchev–Trinajstić information content (AvgIpc) is 2.60. The second-order valence-corrected chi connectivity index (χ2v) is 6.77. The van der Waals surface area contributed by atoms with E-state index in [4.69, 9.17) is 0 Å². The highest BCUT2D eigenvalue weighted by Gasteiger charge is 2.34. The first-order valence-electron chi connectivity index (χ1n) is 8.66. The fraction of sp³-hybridized carbons (Fsp3) is 0.350. The summed E-state index contributed by atoms with van der Waals surface area (Å²) in [5, 5.41) is 15.5. The van der Waals surface area contributed by atoms with Gasteiger partial charge in [-0.25, -0.2) is 4.79 Å². The molecule has 1 aliphatic carbocycles. The third-order valence-electron chi connectivity index (χ3n) is 4.69. The van der Waals surface area contributed by atoms with Crippen LogP contribution in [-0.4, -0.2) is 30.3 Å². The Balaban J connectivity index is 1.50. The van der Waals surface area contributed by atoms with Gasteiger partial charge in [0.05, 0.1) is 5.60 Å². The van der Waals surface area contributed by atoms with Crippen molar-refractivity contribution in [2.45, 2.75) is 31.4 Å². The second kappa shape index (κ2) is 7.57. The molecule has 1 aliphatic rings. The Morgan fingerprint density at radius 2 is 1.80 bits per heavy atom. The first-order chi connectivity index (χ1) is 12.0. The molecule has 0 radical (unpaired) electrons. The molecule has 3 rings (SSSR count). The monoisotopic (exact) mass is 339 g/mol. The highest BCUT2D eigenvalue weighted by molar-refractivity contribution is 5.89. The van der Waals surface area contributed by atoms with E-state index < -0.39 is 5.60 Å². The van der Waals surface area contributed by atoms with Crippen LogP contribution < -0.4 is 15.5 Å². The number of aliphatic hydroxyl groups is 1. The summed E-state index contributed by atoms with van der Waals surface area (Å²) in [6, 6.07) is 17.7. The summed E-state index contributed by atoms with van der Waals surface area (Å²) >= 11 is 0. The fourth-order valence-electron chi connectivity index (χ4n) is 2.93. The minimum Gasteiger partial charge on any atom is -0.388 e. The zero-order chi connectivity index (χ0) is 17.7. The van der Waals surface area contributed by atoms with E-state index >= 15 is 0 Å². The molecule has 0 bridgehead atoms. The molecule has 0 aromatic heterocycles. The van der Waals surface area contributed by atoms with Gasteiger partial charge >= 0.3 is 6.03 Å². The molecule has 3 N–H and O–H groups in total. The zero-order valence-electron chi connectivity index (χ0n) is 14.5. The normalized spacial score (nSPS) is 15.1. The summed E-state index contributed by atoms with van der Waals surface area (Å²) in [6.07, 6.45) is 2.54. The van der Waals surface area contributed by atoms with E-state index in [-0.39, 0.29) is 6.03 Å². The van der Waals surface area contributed by atoms with Crippen LogP contribution in [0.15, 0.2) is 54.6 Å². The lowest BCUT2D eigenvalue weighted by Crippen LogP contribution is -2.48. The number of hydrogen-bond acceptors (Lipinski definition) is 3. The highest BCUT2D eigenvalue weighted by Crippen LogP contribution is 2.30. The van der Waals surface area contributed by atoms with Crippen LogP contribution in [-0.2, 0) is 6.54 Å². The van der Waals surface area contributed by atoms with Crippen molar-refractivity contribution in [1.82, 2.24) is 5.32 Å². The maximum Gasteiger partial charge on any atom is 0.319 e. The second-order valence-electron chi connectivity index (χ2n) is 6.77. The standard InChI is InChI=1S/C20H25N3O2/c1-23(14-16-6-3-2-4-7-16)18-10-8-17(9-11-18)22-19(24)21-15-20(25)12-5-13-20/h2-4,6-11,25H,5,12-15H2,1H3,(H2,21,22,24). The molecular weight excluding hydrogens is 314 g/mol. The molecular formula is C20H25N3O2. The SMILES string of the molecule is CN(Cc1ccccc1)c1ccc(NC(=O)NCC2(O)CCC2)cc1. The summed E-state index contributed by atoms with van der Waals surface area (Å²) in [5.41, 5.74) is 2.36. The smallest absolute Gasteiger partial charge is 0.319 e. The third-order valence-corrected chi connectivity index (χ3v) is 4.69. The molecule has 0 aliphatic heterocycles. The number of nitrogens with one attached hydrogen (secondary N) is 2. The number of amides is 2. The van der Waals surface area contributed by atoms with Gasteiger partial charge in [0.2, 0.25) is 0 Å². The van der Waals surface area contributed by atoms with Gasteiger partial charge in [-0.05, 0) is 49.1 Å². The van der Waals surface area contributed by atoms with Gasteiger partial charge in [0.1, 0.15) is 0 Å². The molecule has 1 saturated carbocycles. The minimum atomic E-state index is -0.707. The van der Waals surface area contributed by atoms with Gasteiger partial charge in [-0.3, -0.25) is 0 Å². The topological polar surface area (TPSA) is 64.6 Å². The Morgan fingerprint density at radius 3 is 2.40 bits per heavy atom. The number of anilines is 2. The summed E-state index contributed by atoms with van der Waals surface area (Å²) in [7, 11) is 2.04. The number of rotatable bonds is 6. The predicted octanol–water partition coefficient (Wildman–Crippen LogP) is 3.36. The molecule has 2 amide bonds.